The van der Waals surface area contributed by atoms with Crippen LogP contribution in [0, 0.1) is 0 Å². The molecule has 0 aliphatic rings. The Morgan fingerprint density at radius 2 is 2.12 bits per heavy atom. The maximum atomic E-state index is 5.97. The number of nitrogens with zero attached hydrogens (tertiary/aromatic N) is 2. The van der Waals surface area contributed by atoms with Crippen LogP contribution in [0.4, 0.5) is 0 Å². The highest BCUT2D eigenvalue weighted by molar-refractivity contribution is 6.30. The van der Waals surface area contributed by atoms with Gasteiger partial charge in [0.25, 0.3) is 0 Å². The minimum atomic E-state index is -0.0573. The van der Waals surface area contributed by atoms with Crippen LogP contribution in [-0.4, -0.2) is 30.6 Å². The van der Waals surface area contributed by atoms with Crippen LogP contribution in [0.3, 0.4) is 0 Å². The fourth-order valence-corrected chi connectivity index (χ4v) is 2.35. The summed E-state index contributed by atoms with van der Waals surface area (Å²) in [6, 6.07) is 7.35. The molecule has 0 bridgehead atoms. The van der Waals surface area contributed by atoms with E-state index in [1.807, 2.05) is 25.1 Å². The number of benzene rings is 1. The molecule has 0 aliphatic carbocycles. The molecule has 1 heterocycles. The highest BCUT2D eigenvalue weighted by Gasteiger charge is 2.19. The Balaban J connectivity index is 1.79. The lowest BCUT2D eigenvalue weighted by molar-refractivity contribution is 0.224. The third-order valence-corrected chi connectivity index (χ3v) is 3.85. The molecule has 0 saturated heterocycles. The number of hydrogen-bond acceptors (Lipinski definition) is 4. The first-order valence-electron chi connectivity index (χ1n) is 8.60. The molecule has 2 aromatic rings. The Hall–Kier alpha value is -2.21. The molecule has 1 atom stereocenters. The van der Waals surface area contributed by atoms with Crippen molar-refractivity contribution in [2.24, 2.45) is 4.99 Å². The first-order chi connectivity index (χ1) is 12.3. The summed E-state index contributed by atoms with van der Waals surface area (Å²) >= 11 is 5.97. The normalized spacial score (nSPS) is 13.4. The second-order valence-corrected chi connectivity index (χ2v) is 7.50. The molecule has 2 rings (SSSR count). The summed E-state index contributed by atoms with van der Waals surface area (Å²) in [5, 5.41) is 7.06. The van der Waals surface area contributed by atoms with Crippen LogP contribution < -0.4 is 15.4 Å². The van der Waals surface area contributed by atoms with Gasteiger partial charge in [0.1, 0.15) is 17.6 Å². The van der Waals surface area contributed by atoms with Gasteiger partial charge in [-0.1, -0.05) is 38.4 Å². The molecule has 0 saturated carbocycles. The third-order valence-electron chi connectivity index (χ3n) is 3.61. The van der Waals surface area contributed by atoms with Crippen molar-refractivity contribution in [1.82, 2.24) is 15.6 Å². The summed E-state index contributed by atoms with van der Waals surface area (Å²) in [5.74, 6) is 2.88. The molecule has 1 aromatic carbocycles. The summed E-state index contributed by atoms with van der Waals surface area (Å²) in [7, 11) is 1.72. The molecule has 1 unspecified atom stereocenters. The van der Waals surface area contributed by atoms with E-state index in [0.29, 0.717) is 30.0 Å². The maximum absolute atomic E-state index is 5.97. The van der Waals surface area contributed by atoms with Crippen LogP contribution in [0.5, 0.6) is 5.75 Å². The van der Waals surface area contributed by atoms with Crippen LogP contribution in [0.15, 0.2) is 39.9 Å². The predicted molar refractivity (Wildman–Crippen MR) is 105 cm³/mol. The summed E-state index contributed by atoms with van der Waals surface area (Å²) in [6.45, 7) is 9.29. The van der Waals surface area contributed by atoms with Crippen LogP contribution in [0.1, 0.15) is 39.3 Å². The van der Waals surface area contributed by atoms with Crippen LogP contribution in [0.2, 0.25) is 5.02 Å². The third kappa shape index (κ3) is 6.26. The largest absolute Gasteiger partial charge is 0.489 e. The lowest BCUT2D eigenvalue weighted by atomic mass is 9.94. The zero-order valence-corrected chi connectivity index (χ0v) is 16.7. The molecular formula is C19H27ClN4O2. The molecule has 0 aliphatic heterocycles. The number of ether oxygens (including phenoxy) is 1. The molecule has 6 nitrogen and oxygen atoms in total. The summed E-state index contributed by atoms with van der Waals surface area (Å²) in [5.41, 5.74) is -0.0573. The van der Waals surface area contributed by atoms with Crippen molar-refractivity contribution >= 4 is 17.6 Å². The SMILES string of the molecule is CN=C(NCc1ncc(C(C)(C)C)o1)NCC(C)Oc1cccc(Cl)c1. The fourth-order valence-electron chi connectivity index (χ4n) is 2.17. The number of halogens is 1. The van der Waals surface area contributed by atoms with Gasteiger partial charge in [0.05, 0.1) is 19.3 Å². The van der Waals surface area contributed by atoms with Gasteiger partial charge >= 0.3 is 0 Å². The topological polar surface area (TPSA) is 71.7 Å². The van der Waals surface area contributed by atoms with Gasteiger partial charge < -0.3 is 19.8 Å². The van der Waals surface area contributed by atoms with Gasteiger partial charge in [0.15, 0.2) is 5.96 Å². The van der Waals surface area contributed by atoms with Gasteiger partial charge in [-0.25, -0.2) is 4.98 Å². The van der Waals surface area contributed by atoms with E-state index in [2.05, 4.69) is 41.4 Å². The zero-order valence-electron chi connectivity index (χ0n) is 16.0. The van der Waals surface area contributed by atoms with E-state index in [1.165, 1.54) is 0 Å². The molecule has 1 aromatic heterocycles. The number of guanidine groups is 1. The smallest absolute Gasteiger partial charge is 0.213 e. The molecule has 0 fully saturated rings. The van der Waals surface area contributed by atoms with Crippen LogP contribution in [-0.2, 0) is 12.0 Å². The van der Waals surface area contributed by atoms with Gasteiger partial charge in [-0.3, -0.25) is 4.99 Å². The van der Waals surface area contributed by atoms with E-state index in [-0.39, 0.29) is 11.5 Å². The molecular weight excluding hydrogens is 352 g/mol. The van der Waals surface area contributed by atoms with E-state index in [9.17, 15) is 0 Å². The maximum Gasteiger partial charge on any atom is 0.213 e. The highest BCUT2D eigenvalue weighted by atomic mass is 35.5. The van der Waals surface area contributed by atoms with E-state index >= 15 is 0 Å². The van der Waals surface area contributed by atoms with Crippen LogP contribution >= 0.6 is 11.6 Å². The van der Waals surface area contributed by atoms with Gasteiger partial charge in [0.2, 0.25) is 5.89 Å². The number of aliphatic imine (C=N–C) groups is 1. The van der Waals surface area contributed by atoms with Crippen molar-refractivity contribution in [2.45, 2.75) is 45.8 Å². The van der Waals surface area contributed by atoms with E-state index in [1.54, 1.807) is 19.3 Å². The van der Waals surface area contributed by atoms with Crippen LogP contribution in [0.25, 0.3) is 0 Å². The molecule has 0 amide bonds. The minimum absolute atomic E-state index is 0.0544. The molecule has 26 heavy (non-hydrogen) atoms. The number of nitrogens with one attached hydrogen (secondary N) is 2. The summed E-state index contributed by atoms with van der Waals surface area (Å²) in [4.78, 5) is 8.50. The van der Waals surface area contributed by atoms with E-state index < -0.39 is 0 Å². The highest BCUT2D eigenvalue weighted by Crippen LogP contribution is 2.22. The Morgan fingerprint density at radius 1 is 1.35 bits per heavy atom. The quantitative estimate of drug-likeness (QED) is 0.591. The molecule has 7 heteroatoms. The zero-order chi connectivity index (χ0) is 19.2. The fraction of sp³-hybridized carbons (Fsp3) is 0.474. The van der Waals surface area contributed by atoms with Gasteiger partial charge in [-0.2, -0.15) is 0 Å². The summed E-state index contributed by atoms with van der Waals surface area (Å²) in [6.07, 6.45) is 1.72. The lowest BCUT2D eigenvalue weighted by Crippen LogP contribution is -2.41. The van der Waals surface area contributed by atoms with E-state index in [0.717, 1.165) is 11.5 Å². The Kier molecular flexibility index (Phi) is 6.91. The standard InChI is InChI=1S/C19H27ClN4O2/c1-13(25-15-8-6-7-14(20)9-15)10-23-18(21-5)24-12-17-22-11-16(26-17)19(2,3)4/h6-9,11,13H,10,12H2,1-5H3,(H2,21,23,24). The van der Waals surface area contributed by atoms with Crippen molar-refractivity contribution in [3.63, 3.8) is 0 Å². The molecule has 0 spiro atoms. The van der Waals surface area contributed by atoms with Gasteiger partial charge in [-0.05, 0) is 25.1 Å². The first-order valence-corrected chi connectivity index (χ1v) is 8.97. The number of rotatable bonds is 6. The molecule has 142 valence electrons. The second-order valence-electron chi connectivity index (χ2n) is 7.06. The predicted octanol–water partition coefficient (Wildman–Crippen LogP) is 3.76. The van der Waals surface area contributed by atoms with Gasteiger partial charge in [0, 0.05) is 17.5 Å². The average molecular weight is 379 g/mol. The van der Waals surface area contributed by atoms with Crippen molar-refractivity contribution in [1.29, 1.82) is 0 Å². The van der Waals surface area contributed by atoms with Gasteiger partial charge in [-0.15, -0.1) is 0 Å². The van der Waals surface area contributed by atoms with Crippen molar-refractivity contribution in [3.05, 3.63) is 47.1 Å². The lowest BCUT2D eigenvalue weighted by Gasteiger charge is -2.17. The van der Waals surface area contributed by atoms with Crippen molar-refractivity contribution in [2.75, 3.05) is 13.6 Å². The van der Waals surface area contributed by atoms with Crippen molar-refractivity contribution in [3.8, 4) is 5.75 Å². The molecule has 0 radical (unpaired) electrons. The van der Waals surface area contributed by atoms with E-state index in [4.69, 9.17) is 20.8 Å². The summed E-state index contributed by atoms with van der Waals surface area (Å²) < 4.78 is 11.6. The first kappa shape index (κ1) is 20.1. The number of hydrogen-bond donors (Lipinski definition) is 2. The number of aromatic nitrogens is 1. The Bertz CT molecular complexity index is 737. The second kappa shape index (κ2) is 8.94. The average Bonchev–Trinajstić information content (AvgIpc) is 3.04. The minimum Gasteiger partial charge on any atom is -0.489 e. The molecule has 2 N–H and O–H groups in total. The Labute approximate surface area is 160 Å². The van der Waals surface area contributed by atoms with Crippen molar-refractivity contribution < 1.29 is 9.15 Å². The number of oxazole rings is 1. The monoisotopic (exact) mass is 378 g/mol. The Morgan fingerprint density at radius 3 is 2.73 bits per heavy atom.